The van der Waals surface area contributed by atoms with Crippen molar-refractivity contribution in [2.24, 2.45) is 5.73 Å². The molecule has 0 heterocycles. The summed E-state index contributed by atoms with van der Waals surface area (Å²) in [4.78, 5) is 0. The number of rotatable bonds is 4. The average molecular weight is 215 g/mol. The van der Waals surface area contributed by atoms with Gasteiger partial charge >= 0.3 is 0 Å². The van der Waals surface area contributed by atoms with E-state index in [0.717, 1.165) is 16.3 Å². The van der Waals surface area contributed by atoms with Gasteiger partial charge in [-0.1, -0.05) is 17.7 Å². The van der Waals surface area contributed by atoms with Crippen molar-refractivity contribution in [3.8, 4) is 0 Å². The predicted molar refractivity (Wildman–Crippen MR) is 59.7 cm³/mol. The third-order valence-electron chi connectivity index (χ3n) is 1.99. The van der Waals surface area contributed by atoms with E-state index in [-0.39, 0.29) is 6.54 Å². The molecule has 0 saturated carbocycles. The van der Waals surface area contributed by atoms with Gasteiger partial charge in [-0.15, -0.1) is 0 Å². The van der Waals surface area contributed by atoms with Crippen LogP contribution in [0.3, 0.4) is 0 Å². The second kappa shape index (κ2) is 5.20. The number of anilines is 1. The molecule has 0 aliphatic carbocycles. The topological polar surface area (TPSA) is 58.3 Å². The van der Waals surface area contributed by atoms with Crippen LogP contribution in [-0.4, -0.2) is 24.3 Å². The van der Waals surface area contributed by atoms with Gasteiger partial charge in [-0.2, -0.15) is 0 Å². The third kappa shape index (κ3) is 3.18. The van der Waals surface area contributed by atoms with E-state index < -0.39 is 6.10 Å². The minimum absolute atomic E-state index is 0.257. The Hall–Kier alpha value is -0.770. The van der Waals surface area contributed by atoms with Crippen LogP contribution < -0.4 is 11.1 Å². The quantitative estimate of drug-likeness (QED) is 0.710. The van der Waals surface area contributed by atoms with Gasteiger partial charge in [0.15, 0.2) is 0 Å². The first-order chi connectivity index (χ1) is 6.63. The highest BCUT2D eigenvalue weighted by Crippen LogP contribution is 2.19. The van der Waals surface area contributed by atoms with Gasteiger partial charge in [-0.25, -0.2) is 0 Å². The molecule has 0 saturated heterocycles. The van der Waals surface area contributed by atoms with Crippen molar-refractivity contribution in [1.82, 2.24) is 0 Å². The first kappa shape index (κ1) is 11.3. The molecular formula is C10H15ClN2O. The Kier molecular flexibility index (Phi) is 4.20. The van der Waals surface area contributed by atoms with Crippen LogP contribution in [0.5, 0.6) is 0 Å². The lowest BCUT2D eigenvalue weighted by Crippen LogP contribution is -2.27. The highest BCUT2D eigenvalue weighted by atomic mass is 35.5. The van der Waals surface area contributed by atoms with Gasteiger partial charge in [-0.3, -0.25) is 0 Å². The number of nitrogens with two attached hydrogens (primary N) is 1. The SMILES string of the molecule is Cc1ccc(NCC(O)CN)cc1Cl. The fourth-order valence-corrected chi connectivity index (χ4v) is 1.20. The van der Waals surface area contributed by atoms with Crippen LogP contribution in [-0.2, 0) is 0 Å². The Bertz CT molecular complexity index is 304. The maximum Gasteiger partial charge on any atom is 0.0834 e. The first-order valence-electron chi connectivity index (χ1n) is 4.51. The van der Waals surface area contributed by atoms with E-state index in [0.29, 0.717) is 6.54 Å². The molecule has 0 aromatic heterocycles. The molecule has 0 radical (unpaired) electrons. The molecular weight excluding hydrogens is 200 g/mol. The van der Waals surface area contributed by atoms with Crippen LogP contribution in [0.15, 0.2) is 18.2 Å². The highest BCUT2D eigenvalue weighted by molar-refractivity contribution is 6.31. The fourth-order valence-electron chi connectivity index (χ4n) is 1.02. The molecule has 1 rings (SSSR count). The lowest BCUT2D eigenvalue weighted by molar-refractivity contribution is 0.196. The van der Waals surface area contributed by atoms with Gasteiger partial charge in [-0.05, 0) is 24.6 Å². The molecule has 14 heavy (non-hydrogen) atoms. The van der Waals surface area contributed by atoms with E-state index in [1.54, 1.807) is 0 Å². The van der Waals surface area contributed by atoms with Crippen molar-refractivity contribution in [2.45, 2.75) is 13.0 Å². The predicted octanol–water partition coefficient (Wildman–Crippen LogP) is 1.38. The van der Waals surface area contributed by atoms with Crippen LogP contribution >= 0.6 is 11.6 Å². The minimum Gasteiger partial charge on any atom is -0.390 e. The number of hydrogen-bond acceptors (Lipinski definition) is 3. The maximum absolute atomic E-state index is 9.22. The molecule has 3 nitrogen and oxygen atoms in total. The maximum atomic E-state index is 9.22. The van der Waals surface area contributed by atoms with Crippen LogP contribution in [0.4, 0.5) is 5.69 Å². The van der Waals surface area contributed by atoms with Gasteiger partial charge in [0.1, 0.15) is 0 Å². The second-order valence-corrected chi connectivity index (χ2v) is 3.64. The molecule has 0 aliphatic heterocycles. The average Bonchev–Trinajstić information content (AvgIpc) is 2.19. The van der Waals surface area contributed by atoms with E-state index in [2.05, 4.69) is 5.32 Å². The van der Waals surface area contributed by atoms with Crippen molar-refractivity contribution in [1.29, 1.82) is 0 Å². The van der Waals surface area contributed by atoms with Crippen LogP contribution in [0, 0.1) is 6.92 Å². The summed E-state index contributed by atoms with van der Waals surface area (Å²) in [7, 11) is 0. The molecule has 78 valence electrons. The van der Waals surface area contributed by atoms with Crippen molar-refractivity contribution < 1.29 is 5.11 Å². The number of nitrogens with one attached hydrogen (secondary N) is 1. The van der Waals surface area contributed by atoms with Crippen molar-refractivity contribution in [3.05, 3.63) is 28.8 Å². The van der Waals surface area contributed by atoms with Gasteiger partial charge in [0.2, 0.25) is 0 Å². The molecule has 0 bridgehead atoms. The molecule has 4 heteroatoms. The zero-order valence-electron chi connectivity index (χ0n) is 8.13. The van der Waals surface area contributed by atoms with Gasteiger partial charge < -0.3 is 16.2 Å². The monoisotopic (exact) mass is 214 g/mol. The van der Waals surface area contributed by atoms with E-state index in [9.17, 15) is 5.11 Å². The molecule has 1 atom stereocenters. The molecule has 0 amide bonds. The number of aryl methyl sites for hydroxylation is 1. The summed E-state index contributed by atoms with van der Waals surface area (Å²) in [6, 6.07) is 5.68. The van der Waals surface area contributed by atoms with Crippen molar-refractivity contribution in [3.63, 3.8) is 0 Å². The number of aliphatic hydroxyl groups is 1. The Morgan fingerprint density at radius 1 is 1.57 bits per heavy atom. The Morgan fingerprint density at radius 2 is 2.29 bits per heavy atom. The van der Waals surface area contributed by atoms with Gasteiger partial charge in [0, 0.05) is 23.8 Å². The van der Waals surface area contributed by atoms with E-state index in [4.69, 9.17) is 17.3 Å². The van der Waals surface area contributed by atoms with Crippen molar-refractivity contribution >= 4 is 17.3 Å². The molecule has 1 aromatic rings. The summed E-state index contributed by atoms with van der Waals surface area (Å²) in [5, 5.41) is 13.0. The van der Waals surface area contributed by atoms with E-state index in [1.165, 1.54) is 0 Å². The molecule has 0 fully saturated rings. The molecule has 0 aliphatic rings. The highest BCUT2D eigenvalue weighted by Gasteiger charge is 2.01. The number of halogens is 1. The minimum atomic E-state index is -0.518. The number of aliphatic hydroxyl groups excluding tert-OH is 1. The summed E-state index contributed by atoms with van der Waals surface area (Å²) >= 11 is 5.94. The summed E-state index contributed by atoms with van der Waals surface area (Å²) in [6.45, 7) is 2.64. The Labute approximate surface area is 88.9 Å². The third-order valence-corrected chi connectivity index (χ3v) is 2.39. The standard InChI is InChI=1S/C10H15ClN2O/c1-7-2-3-8(4-10(7)11)13-6-9(14)5-12/h2-4,9,13-14H,5-6,12H2,1H3. The largest absolute Gasteiger partial charge is 0.390 e. The summed E-state index contributed by atoms with van der Waals surface area (Å²) < 4.78 is 0. The zero-order chi connectivity index (χ0) is 10.6. The zero-order valence-corrected chi connectivity index (χ0v) is 8.88. The van der Waals surface area contributed by atoms with Crippen LogP contribution in [0.25, 0.3) is 0 Å². The molecule has 1 unspecified atom stereocenters. The first-order valence-corrected chi connectivity index (χ1v) is 4.89. The Balaban J connectivity index is 2.55. The lowest BCUT2D eigenvalue weighted by atomic mass is 10.2. The van der Waals surface area contributed by atoms with Gasteiger partial charge in [0.25, 0.3) is 0 Å². The summed E-state index contributed by atoms with van der Waals surface area (Å²) in [5.41, 5.74) is 7.21. The normalized spacial score (nSPS) is 12.6. The van der Waals surface area contributed by atoms with E-state index in [1.807, 2.05) is 25.1 Å². The number of hydrogen-bond donors (Lipinski definition) is 3. The summed E-state index contributed by atoms with van der Waals surface area (Å²) in [5.74, 6) is 0. The number of benzene rings is 1. The van der Waals surface area contributed by atoms with Crippen LogP contribution in [0.1, 0.15) is 5.56 Å². The van der Waals surface area contributed by atoms with Crippen molar-refractivity contribution in [2.75, 3.05) is 18.4 Å². The van der Waals surface area contributed by atoms with Crippen LogP contribution in [0.2, 0.25) is 5.02 Å². The lowest BCUT2D eigenvalue weighted by Gasteiger charge is -2.11. The molecule has 0 spiro atoms. The summed E-state index contributed by atoms with van der Waals surface area (Å²) in [6.07, 6.45) is -0.518. The molecule has 1 aromatic carbocycles. The van der Waals surface area contributed by atoms with E-state index >= 15 is 0 Å². The molecule has 4 N–H and O–H groups in total. The Morgan fingerprint density at radius 3 is 2.86 bits per heavy atom. The smallest absolute Gasteiger partial charge is 0.0834 e. The second-order valence-electron chi connectivity index (χ2n) is 3.23. The fraction of sp³-hybridized carbons (Fsp3) is 0.400. The van der Waals surface area contributed by atoms with Gasteiger partial charge in [0.05, 0.1) is 6.10 Å².